The number of carbonyl (C=O) groups is 1. The lowest BCUT2D eigenvalue weighted by molar-refractivity contribution is -0.116. The zero-order valence-corrected chi connectivity index (χ0v) is 11.7. The van der Waals surface area contributed by atoms with Crippen LogP contribution in [0, 0.1) is 0 Å². The van der Waals surface area contributed by atoms with Crippen molar-refractivity contribution in [2.75, 3.05) is 5.32 Å². The minimum Gasteiger partial charge on any atom is -0.382 e. The average Bonchev–Trinajstić information content (AvgIpc) is 2.90. The summed E-state index contributed by atoms with van der Waals surface area (Å²) >= 11 is 0. The molecule has 21 heavy (non-hydrogen) atoms. The second-order valence-corrected chi connectivity index (χ2v) is 6.21. The van der Waals surface area contributed by atoms with E-state index in [0.717, 1.165) is 5.56 Å². The zero-order valence-electron chi connectivity index (χ0n) is 10.9. The summed E-state index contributed by atoms with van der Waals surface area (Å²) in [5.74, 6) is -0.194. The molecule has 0 bridgehead atoms. The molecule has 0 unspecified atom stereocenters. The Morgan fingerprint density at radius 2 is 2.14 bits per heavy atom. The molecule has 0 atom stereocenters. The average molecular weight is 308 g/mol. The lowest BCUT2D eigenvalue weighted by Crippen LogP contribution is -2.19. The van der Waals surface area contributed by atoms with Crippen molar-refractivity contribution in [3.05, 3.63) is 41.8 Å². The van der Waals surface area contributed by atoms with Gasteiger partial charge in [0.05, 0.1) is 0 Å². The van der Waals surface area contributed by atoms with E-state index in [1.807, 2.05) is 0 Å². The number of aryl methyl sites for hydroxylation is 1. The smallest absolute Gasteiger partial charge is 0.315 e. The summed E-state index contributed by atoms with van der Waals surface area (Å²) < 4.78 is 33.5. The van der Waals surface area contributed by atoms with E-state index in [4.69, 9.17) is 4.18 Å². The number of amides is 1. The van der Waals surface area contributed by atoms with E-state index in [0.29, 0.717) is 18.5 Å². The number of anilines is 1. The van der Waals surface area contributed by atoms with Crippen LogP contribution in [0.1, 0.15) is 17.7 Å². The predicted octanol–water partition coefficient (Wildman–Crippen LogP) is 1.47. The summed E-state index contributed by atoms with van der Waals surface area (Å²) in [6.07, 6.45) is 2.23. The van der Waals surface area contributed by atoms with Crippen LogP contribution in [0.5, 0.6) is 5.75 Å². The summed E-state index contributed by atoms with van der Waals surface area (Å²) in [6, 6.07) is 6.22. The van der Waals surface area contributed by atoms with Gasteiger partial charge in [0, 0.05) is 18.2 Å². The predicted molar refractivity (Wildman–Crippen MR) is 73.1 cm³/mol. The molecule has 0 aliphatic carbocycles. The first-order chi connectivity index (χ1) is 10.0. The molecule has 110 valence electrons. The number of nitrogens with one attached hydrogen (secondary N) is 1. The molecule has 2 heterocycles. The molecule has 8 heteroatoms. The van der Waals surface area contributed by atoms with Crippen LogP contribution in [0.3, 0.4) is 0 Å². The third-order valence-corrected chi connectivity index (χ3v) is 4.11. The molecule has 0 saturated heterocycles. The molecular weight excluding hydrogens is 296 g/mol. The monoisotopic (exact) mass is 308 g/mol. The number of nitrogens with zero attached hydrogens (tertiary/aromatic N) is 1. The first-order valence-electron chi connectivity index (χ1n) is 6.26. The number of hydrogen-bond donors (Lipinski definition) is 1. The molecule has 1 aromatic carbocycles. The van der Waals surface area contributed by atoms with Gasteiger partial charge >= 0.3 is 10.1 Å². The normalized spacial score (nSPS) is 14.4. The van der Waals surface area contributed by atoms with Gasteiger partial charge < -0.3 is 14.0 Å². The Bertz CT molecular complexity index is 768. The lowest BCUT2D eigenvalue weighted by Gasteiger charge is -2.17. The molecule has 1 aliphatic rings. The molecule has 2 aromatic rings. The second-order valence-electron chi connectivity index (χ2n) is 4.64. The van der Waals surface area contributed by atoms with Crippen molar-refractivity contribution in [3.63, 3.8) is 0 Å². The third-order valence-electron chi connectivity index (χ3n) is 3.01. The van der Waals surface area contributed by atoms with Crippen LogP contribution in [-0.2, 0) is 27.1 Å². The van der Waals surface area contributed by atoms with Gasteiger partial charge in [-0.1, -0.05) is 5.16 Å². The molecule has 7 nitrogen and oxygen atoms in total. The quantitative estimate of drug-likeness (QED) is 0.859. The van der Waals surface area contributed by atoms with E-state index < -0.39 is 10.1 Å². The highest BCUT2D eigenvalue weighted by Crippen LogP contribution is 2.27. The molecule has 0 fully saturated rings. The Balaban J connectivity index is 1.77. The zero-order chi connectivity index (χ0) is 14.9. The fourth-order valence-electron chi connectivity index (χ4n) is 2.08. The van der Waals surface area contributed by atoms with Gasteiger partial charge in [-0.25, -0.2) is 0 Å². The van der Waals surface area contributed by atoms with Crippen molar-refractivity contribution in [2.45, 2.75) is 18.6 Å². The SMILES string of the molecule is O=C1CCc2cc(OS(=O)(=O)Cc3ccon3)ccc2N1. The highest BCUT2D eigenvalue weighted by Gasteiger charge is 2.19. The summed E-state index contributed by atoms with van der Waals surface area (Å²) in [7, 11) is -3.80. The first-order valence-corrected chi connectivity index (χ1v) is 7.84. The molecule has 1 N–H and O–H groups in total. The maximum Gasteiger partial charge on any atom is 0.315 e. The maximum absolute atomic E-state index is 11.9. The van der Waals surface area contributed by atoms with E-state index in [9.17, 15) is 13.2 Å². The van der Waals surface area contributed by atoms with Gasteiger partial charge in [-0.3, -0.25) is 4.79 Å². The second kappa shape index (κ2) is 5.21. The molecule has 1 aromatic heterocycles. The van der Waals surface area contributed by atoms with Crippen LogP contribution < -0.4 is 9.50 Å². The molecule has 0 saturated carbocycles. The number of fused-ring (bicyclic) bond motifs is 1. The molecular formula is C13H12N2O5S. The van der Waals surface area contributed by atoms with Crippen LogP contribution in [0.15, 0.2) is 35.1 Å². The maximum atomic E-state index is 11.9. The van der Waals surface area contributed by atoms with Gasteiger partial charge in [-0.05, 0) is 30.2 Å². The Morgan fingerprint density at radius 1 is 1.29 bits per heavy atom. The first kappa shape index (κ1) is 13.6. The number of rotatable bonds is 4. The molecule has 0 spiro atoms. The van der Waals surface area contributed by atoms with Gasteiger partial charge in [0.2, 0.25) is 5.91 Å². The largest absolute Gasteiger partial charge is 0.382 e. The van der Waals surface area contributed by atoms with Crippen molar-refractivity contribution in [1.29, 1.82) is 0 Å². The van der Waals surface area contributed by atoms with Gasteiger partial charge in [-0.15, -0.1) is 0 Å². The van der Waals surface area contributed by atoms with E-state index in [1.165, 1.54) is 18.4 Å². The van der Waals surface area contributed by atoms with Crippen LogP contribution in [-0.4, -0.2) is 19.5 Å². The van der Waals surface area contributed by atoms with Gasteiger partial charge in [0.25, 0.3) is 0 Å². The highest BCUT2D eigenvalue weighted by atomic mass is 32.2. The van der Waals surface area contributed by atoms with E-state index in [-0.39, 0.29) is 23.1 Å². The highest BCUT2D eigenvalue weighted by molar-refractivity contribution is 7.86. The minimum absolute atomic E-state index is 0.0465. The molecule has 1 aliphatic heterocycles. The Hall–Kier alpha value is -2.35. The van der Waals surface area contributed by atoms with Crippen molar-refractivity contribution in [3.8, 4) is 5.75 Å². The Labute approximate surface area is 121 Å². The molecule has 3 rings (SSSR count). The Kier molecular flexibility index (Phi) is 3.38. The van der Waals surface area contributed by atoms with Crippen molar-refractivity contribution < 1.29 is 21.9 Å². The third kappa shape index (κ3) is 3.22. The van der Waals surface area contributed by atoms with Crippen molar-refractivity contribution >= 4 is 21.7 Å². The molecule has 0 radical (unpaired) electrons. The number of benzene rings is 1. The topological polar surface area (TPSA) is 98.5 Å². The van der Waals surface area contributed by atoms with Gasteiger partial charge in [0.1, 0.15) is 23.5 Å². The summed E-state index contributed by atoms with van der Waals surface area (Å²) in [5, 5.41) is 6.26. The fourth-order valence-corrected chi connectivity index (χ4v) is 3.05. The van der Waals surface area contributed by atoms with Gasteiger partial charge in [-0.2, -0.15) is 8.42 Å². The van der Waals surface area contributed by atoms with E-state index >= 15 is 0 Å². The van der Waals surface area contributed by atoms with Crippen LogP contribution in [0.25, 0.3) is 0 Å². The van der Waals surface area contributed by atoms with E-state index in [1.54, 1.807) is 12.1 Å². The van der Waals surface area contributed by atoms with E-state index in [2.05, 4.69) is 15.0 Å². The van der Waals surface area contributed by atoms with Crippen molar-refractivity contribution in [2.24, 2.45) is 0 Å². The summed E-state index contributed by atoms with van der Waals surface area (Å²) in [6.45, 7) is 0. The van der Waals surface area contributed by atoms with Crippen LogP contribution in [0.2, 0.25) is 0 Å². The lowest BCUT2D eigenvalue weighted by atomic mass is 10.0. The van der Waals surface area contributed by atoms with Crippen LogP contribution >= 0.6 is 0 Å². The number of carbonyl (C=O) groups excluding carboxylic acids is 1. The standard InChI is InChI=1S/C13H12N2O5S/c16-13-4-1-9-7-11(2-3-12(9)14-13)20-21(17,18)8-10-5-6-19-15-10/h2-3,5-7H,1,4,8H2,(H,14,16). The number of hydrogen-bond acceptors (Lipinski definition) is 6. The summed E-state index contributed by atoms with van der Waals surface area (Å²) in [5.41, 5.74) is 1.82. The summed E-state index contributed by atoms with van der Waals surface area (Å²) in [4.78, 5) is 11.3. The number of aromatic nitrogens is 1. The van der Waals surface area contributed by atoms with Crippen LogP contribution in [0.4, 0.5) is 5.69 Å². The fraction of sp³-hybridized carbons (Fsp3) is 0.231. The van der Waals surface area contributed by atoms with Crippen molar-refractivity contribution in [1.82, 2.24) is 5.16 Å². The Morgan fingerprint density at radius 3 is 2.90 bits per heavy atom. The molecule has 1 amide bonds. The van der Waals surface area contributed by atoms with Gasteiger partial charge in [0.15, 0.2) is 0 Å². The minimum atomic E-state index is -3.80.